The van der Waals surface area contributed by atoms with E-state index in [0.717, 1.165) is 42.8 Å². The number of benzene rings is 2. The number of carbonyl (C=O) groups is 1. The first kappa shape index (κ1) is 25.1. The second-order valence-corrected chi connectivity index (χ2v) is 11.9. The van der Waals surface area contributed by atoms with E-state index in [1.807, 2.05) is 47.4 Å². The lowest BCUT2D eigenvalue weighted by atomic mass is 9.96. The second-order valence-electron chi connectivity index (χ2n) is 9.00. The molecule has 2 aliphatic heterocycles. The van der Waals surface area contributed by atoms with Crippen molar-refractivity contribution in [2.75, 3.05) is 45.8 Å². The molecule has 0 bridgehead atoms. The molecular formula is C26H32BrN3O3S. The van der Waals surface area contributed by atoms with E-state index in [1.165, 1.54) is 5.56 Å². The predicted molar refractivity (Wildman–Crippen MR) is 140 cm³/mol. The van der Waals surface area contributed by atoms with E-state index in [0.29, 0.717) is 25.9 Å². The van der Waals surface area contributed by atoms with Crippen molar-refractivity contribution in [2.24, 2.45) is 5.92 Å². The molecule has 0 unspecified atom stereocenters. The van der Waals surface area contributed by atoms with Crippen LogP contribution in [0.25, 0.3) is 6.08 Å². The number of piperidine rings is 1. The van der Waals surface area contributed by atoms with Crippen molar-refractivity contribution in [1.29, 1.82) is 0 Å². The highest BCUT2D eigenvalue weighted by Crippen LogP contribution is 2.24. The number of rotatable bonds is 7. The van der Waals surface area contributed by atoms with Crippen molar-refractivity contribution in [1.82, 2.24) is 14.1 Å². The fraction of sp³-hybridized carbons (Fsp3) is 0.423. The quantitative estimate of drug-likeness (QED) is 0.530. The third-order valence-electron chi connectivity index (χ3n) is 6.59. The van der Waals surface area contributed by atoms with Crippen molar-refractivity contribution >= 4 is 37.9 Å². The molecule has 0 N–H and O–H groups in total. The maximum atomic E-state index is 13.1. The van der Waals surface area contributed by atoms with E-state index < -0.39 is 10.0 Å². The van der Waals surface area contributed by atoms with Crippen LogP contribution in [0, 0.1) is 5.92 Å². The Morgan fingerprint density at radius 3 is 2.32 bits per heavy atom. The number of sulfonamides is 1. The van der Waals surface area contributed by atoms with Gasteiger partial charge in [-0.15, -0.1) is 0 Å². The SMILES string of the molecule is O=C(C1CCN(S(=O)(=O)Cc2cccc(Br)c2)CC1)N1CCN(C/C=C/c2ccccc2)CC1. The highest BCUT2D eigenvalue weighted by Gasteiger charge is 2.34. The first-order valence-electron chi connectivity index (χ1n) is 11.9. The topological polar surface area (TPSA) is 60.9 Å². The van der Waals surface area contributed by atoms with Crippen LogP contribution >= 0.6 is 15.9 Å². The van der Waals surface area contributed by atoms with Crippen LogP contribution in [0.15, 0.2) is 65.1 Å². The minimum atomic E-state index is -3.39. The molecule has 2 heterocycles. The first-order valence-corrected chi connectivity index (χ1v) is 14.3. The van der Waals surface area contributed by atoms with Crippen LogP contribution in [0.1, 0.15) is 24.0 Å². The van der Waals surface area contributed by atoms with Crippen LogP contribution in [0.3, 0.4) is 0 Å². The third-order valence-corrected chi connectivity index (χ3v) is 8.94. The molecule has 8 heteroatoms. The Morgan fingerprint density at radius 2 is 1.65 bits per heavy atom. The number of amides is 1. The number of nitrogens with zero attached hydrogens (tertiary/aromatic N) is 3. The summed E-state index contributed by atoms with van der Waals surface area (Å²) in [7, 11) is -3.39. The van der Waals surface area contributed by atoms with E-state index in [2.05, 4.69) is 45.1 Å². The Hall–Kier alpha value is -2.00. The van der Waals surface area contributed by atoms with Crippen LogP contribution in [0.4, 0.5) is 0 Å². The molecule has 0 radical (unpaired) electrons. The van der Waals surface area contributed by atoms with Crippen LogP contribution in [0.5, 0.6) is 0 Å². The van der Waals surface area contributed by atoms with Crippen molar-refractivity contribution < 1.29 is 13.2 Å². The molecule has 6 nitrogen and oxygen atoms in total. The normalized spacial score (nSPS) is 19.0. The molecule has 34 heavy (non-hydrogen) atoms. The molecule has 2 fully saturated rings. The van der Waals surface area contributed by atoms with Gasteiger partial charge in [0, 0.05) is 56.2 Å². The van der Waals surface area contributed by atoms with Gasteiger partial charge in [0.05, 0.1) is 5.75 Å². The smallest absolute Gasteiger partial charge is 0.225 e. The maximum absolute atomic E-state index is 13.1. The highest BCUT2D eigenvalue weighted by atomic mass is 79.9. The monoisotopic (exact) mass is 545 g/mol. The number of piperazine rings is 1. The fourth-order valence-electron chi connectivity index (χ4n) is 4.62. The van der Waals surface area contributed by atoms with Gasteiger partial charge in [0.25, 0.3) is 0 Å². The van der Waals surface area contributed by atoms with Gasteiger partial charge in [-0.3, -0.25) is 9.69 Å². The highest BCUT2D eigenvalue weighted by molar-refractivity contribution is 9.10. The second kappa shape index (κ2) is 11.6. The van der Waals surface area contributed by atoms with Gasteiger partial charge in [0.2, 0.25) is 15.9 Å². The van der Waals surface area contributed by atoms with Crippen molar-refractivity contribution in [3.8, 4) is 0 Å². The summed E-state index contributed by atoms with van der Waals surface area (Å²) in [6, 6.07) is 17.7. The molecule has 1 amide bonds. The van der Waals surface area contributed by atoms with Gasteiger partial charge in [0.15, 0.2) is 0 Å². The largest absolute Gasteiger partial charge is 0.340 e. The lowest BCUT2D eigenvalue weighted by Crippen LogP contribution is -2.51. The lowest BCUT2D eigenvalue weighted by molar-refractivity contribution is -0.138. The van der Waals surface area contributed by atoms with Gasteiger partial charge in [-0.1, -0.05) is 70.5 Å². The molecule has 0 saturated carbocycles. The molecule has 2 saturated heterocycles. The van der Waals surface area contributed by atoms with Gasteiger partial charge < -0.3 is 4.90 Å². The Bertz CT molecular complexity index is 1090. The van der Waals surface area contributed by atoms with Gasteiger partial charge in [-0.2, -0.15) is 0 Å². The van der Waals surface area contributed by atoms with Crippen LogP contribution in [-0.4, -0.2) is 74.2 Å². The molecule has 4 rings (SSSR count). The average Bonchev–Trinajstić information content (AvgIpc) is 2.84. The number of carbonyl (C=O) groups excluding carboxylic acids is 1. The Balaban J connectivity index is 1.21. The summed E-state index contributed by atoms with van der Waals surface area (Å²) in [5, 5.41) is 0. The van der Waals surface area contributed by atoms with Crippen molar-refractivity contribution in [3.63, 3.8) is 0 Å². The molecule has 2 aromatic carbocycles. The lowest BCUT2D eigenvalue weighted by Gasteiger charge is -2.38. The summed E-state index contributed by atoms with van der Waals surface area (Å²) in [4.78, 5) is 17.4. The molecule has 0 atom stereocenters. The number of halogens is 1. The van der Waals surface area contributed by atoms with Crippen molar-refractivity contribution in [3.05, 3.63) is 76.3 Å². The summed E-state index contributed by atoms with van der Waals surface area (Å²) in [5.41, 5.74) is 1.96. The Kier molecular flexibility index (Phi) is 8.58. The molecule has 0 aliphatic carbocycles. The summed E-state index contributed by atoms with van der Waals surface area (Å²) in [6.45, 7) is 4.91. The zero-order valence-electron chi connectivity index (χ0n) is 19.4. The minimum absolute atomic E-state index is 0.00820. The van der Waals surface area contributed by atoms with E-state index in [-0.39, 0.29) is 17.6 Å². The average molecular weight is 547 g/mol. The van der Waals surface area contributed by atoms with Crippen molar-refractivity contribution in [2.45, 2.75) is 18.6 Å². The zero-order valence-corrected chi connectivity index (χ0v) is 21.8. The number of hydrogen-bond acceptors (Lipinski definition) is 4. The Morgan fingerprint density at radius 1 is 0.941 bits per heavy atom. The van der Waals surface area contributed by atoms with Gasteiger partial charge in [0.1, 0.15) is 0 Å². The minimum Gasteiger partial charge on any atom is -0.340 e. The van der Waals surface area contributed by atoms with Crippen LogP contribution < -0.4 is 0 Å². The Labute approximate surface area is 211 Å². The van der Waals surface area contributed by atoms with Crippen LogP contribution in [-0.2, 0) is 20.6 Å². The molecule has 2 aliphatic rings. The predicted octanol–water partition coefficient (Wildman–Crippen LogP) is 3.85. The summed E-state index contributed by atoms with van der Waals surface area (Å²) in [5.74, 6) is 0.0940. The van der Waals surface area contributed by atoms with E-state index in [1.54, 1.807) is 4.31 Å². The van der Waals surface area contributed by atoms with Gasteiger partial charge >= 0.3 is 0 Å². The summed E-state index contributed by atoms with van der Waals surface area (Å²) >= 11 is 3.40. The zero-order chi connectivity index (χ0) is 24.0. The molecule has 2 aromatic rings. The molecule has 182 valence electrons. The molecular weight excluding hydrogens is 514 g/mol. The molecule has 0 aromatic heterocycles. The summed E-state index contributed by atoms with van der Waals surface area (Å²) in [6.07, 6.45) is 5.50. The van der Waals surface area contributed by atoms with Gasteiger partial charge in [-0.25, -0.2) is 12.7 Å². The number of hydrogen-bond donors (Lipinski definition) is 0. The third kappa shape index (κ3) is 6.78. The maximum Gasteiger partial charge on any atom is 0.225 e. The van der Waals surface area contributed by atoms with Gasteiger partial charge in [-0.05, 0) is 36.1 Å². The standard InChI is InChI=1S/C26H32BrN3O3S/c27-25-10-4-8-23(20-25)21-34(32,33)30-14-11-24(12-15-30)26(31)29-18-16-28(17-19-29)13-5-9-22-6-2-1-3-7-22/h1-10,20,24H,11-19,21H2/b9-5+. The van der Waals surface area contributed by atoms with E-state index >= 15 is 0 Å². The van der Waals surface area contributed by atoms with E-state index in [9.17, 15) is 13.2 Å². The molecule has 0 spiro atoms. The van der Waals surface area contributed by atoms with E-state index in [4.69, 9.17) is 0 Å². The first-order chi connectivity index (χ1) is 16.4. The summed E-state index contributed by atoms with van der Waals surface area (Å²) < 4.78 is 28.1. The fourth-order valence-corrected chi connectivity index (χ4v) is 6.62. The van der Waals surface area contributed by atoms with Crippen LogP contribution in [0.2, 0.25) is 0 Å².